The molecule has 0 aliphatic carbocycles. The maximum absolute atomic E-state index is 9.60. The molecule has 0 spiro atoms. The molecule has 2 rings (SSSR count). The van der Waals surface area contributed by atoms with E-state index in [1.165, 1.54) is 0 Å². The van der Waals surface area contributed by atoms with Crippen molar-refractivity contribution in [3.05, 3.63) is 17.5 Å². The Bertz CT molecular complexity index is 336. The maximum Gasteiger partial charge on any atom is 0.133 e. The van der Waals surface area contributed by atoms with Crippen LogP contribution >= 0.6 is 0 Å². The first-order valence-corrected chi connectivity index (χ1v) is 5.98. The molecule has 1 N–H and O–H groups in total. The van der Waals surface area contributed by atoms with Crippen molar-refractivity contribution in [1.29, 1.82) is 0 Å². The molecule has 4 nitrogen and oxygen atoms in total. The van der Waals surface area contributed by atoms with Gasteiger partial charge in [-0.05, 0) is 39.2 Å². The van der Waals surface area contributed by atoms with Crippen LogP contribution in [-0.4, -0.2) is 34.4 Å². The molecule has 1 fully saturated rings. The fourth-order valence-electron chi connectivity index (χ4n) is 2.35. The number of aliphatic hydroxyl groups excluding tert-OH is 1. The number of likely N-dealkylation sites (tertiary alicyclic amines) is 1. The summed E-state index contributed by atoms with van der Waals surface area (Å²) in [6, 6.07) is 1.98. The number of rotatable bonds is 3. The van der Waals surface area contributed by atoms with Crippen molar-refractivity contribution in [2.75, 3.05) is 13.1 Å². The molecule has 0 saturated carbocycles. The van der Waals surface area contributed by atoms with Crippen LogP contribution in [-0.2, 0) is 6.54 Å². The molecule has 1 saturated heterocycles. The Morgan fingerprint density at radius 1 is 1.69 bits per heavy atom. The fourth-order valence-corrected chi connectivity index (χ4v) is 2.35. The second-order valence-corrected chi connectivity index (χ2v) is 4.81. The molecule has 2 unspecified atom stereocenters. The van der Waals surface area contributed by atoms with Gasteiger partial charge in [-0.1, -0.05) is 5.16 Å². The molecule has 2 atom stereocenters. The van der Waals surface area contributed by atoms with Gasteiger partial charge in [0, 0.05) is 19.2 Å². The van der Waals surface area contributed by atoms with Gasteiger partial charge < -0.3 is 9.63 Å². The molecule has 90 valence electrons. The van der Waals surface area contributed by atoms with Crippen LogP contribution in [0.1, 0.15) is 31.2 Å². The van der Waals surface area contributed by atoms with Gasteiger partial charge in [-0.2, -0.15) is 0 Å². The number of hydrogen-bond donors (Lipinski definition) is 1. The highest BCUT2D eigenvalue weighted by Crippen LogP contribution is 2.21. The Kier molecular flexibility index (Phi) is 3.61. The summed E-state index contributed by atoms with van der Waals surface area (Å²) < 4.78 is 5.05. The lowest BCUT2D eigenvalue weighted by Gasteiger charge is -2.33. The minimum atomic E-state index is -0.207. The first kappa shape index (κ1) is 11.6. The van der Waals surface area contributed by atoms with Gasteiger partial charge in [-0.25, -0.2) is 0 Å². The third-order valence-corrected chi connectivity index (χ3v) is 3.29. The van der Waals surface area contributed by atoms with Gasteiger partial charge in [0.1, 0.15) is 5.76 Å². The lowest BCUT2D eigenvalue weighted by Crippen LogP contribution is -2.39. The van der Waals surface area contributed by atoms with Crippen LogP contribution in [0.2, 0.25) is 0 Å². The topological polar surface area (TPSA) is 49.5 Å². The van der Waals surface area contributed by atoms with E-state index in [9.17, 15) is 5.11 Å². The Morgan fingerprint density at radius 3 is 3.12 bits per heavy atom. The average molecular weight is 224 g/mol. The lowest BCUT2D eigenvalue weighted by atomic mass is 9.93. The van der Waals surface area contributed by atoms with Crippen molar-refractivity contribution in [2.45, 2.75) is 39.3 Å². The minimum Gasteiger partial charge on any atom is -0.393 e. The van der Waals surface area contributed by atoms with Gasteiger partial charge in [0.25, 0.3) is 0 Å². The van der Waals surface area contributed by atoms with Crippen LogP contribution in [0.3, 0.4) is 0 Å². The Balaban J connectivity index is 1.90. The minimum absolute atomic E-state index is 0.207. The zero-order valence-corrected chi connectivity index (χ0v) is 10.0. The summed E-state index contributed by atoms with van der Waals surface area (Å²) in [5.41, 5.74) is 0.990. The summed E-state index contributed by atoms with van der Waals surface area (Å²) in [5, 5.41) is 13.6. The van der Waals surface area contributed by atoms with Gasteiger partial charge in [0.2, 0.25) is 0 Å². The third kappa shape index (κ3) is 2.83. The molecule has 0 amide bonds. The fraction of sp³-hybridized carbons (Fsp3) is 0.750. The zero-order chi connectivity index (χ0) is 11.5. The van der Waals surface area contributed by atoms with Gasteiger partial charge in [0.15, 0.2) is 0 Å². The molecule has 1 aliphatic heterocycles. The summed E-state index contributed by atoms with van der Waals surface area (Å²) >= 11 is 0. The van der Waals surface area contributed by atoms with Crippen molar-refractivity contribution in [3.63, 3.8) is 0 Å². The van der Waals surface area contributed by atoms with E-state index in [0.29, 0.717) is 5.92 Å². The standard InChI is InChI=1S/C12H20N2O2/c1-9-6-12(13-16-9)8-14-5-3-4-11(7-14)10(2)15/h6,10-11,15H,3-5,7-8H2,1-2H3. The van der Waals surface area contributed by atoms with Crippen molar-refractivity contribution in [3.8, 4) is 0 Å². The molecule has 1 aliphatic rings. The van der Waals surface area contributed by atoms with E-state index in [-0.39, 0.29) is 6.10 Å². The molecular weight excluding hydrogens is 204 g/mol. The van der Waals surface area contributed by atoms with Crippen LogP contribution in [0.25, 0.3) is 0 Å². The number of aryl methyl sites for hydroxylation is 1. The number of piperidine rings is 1. The number of aromatic nitrogens is 1. The number of aliphatic hydroxyl groups is 1. The predicted octanol–water partition coefficient (Wildman–Crippen LogP) is 1.58. The lowest BCUT2D eigenvalue weighted by molar-refractivity contribution is 0.0590. The highest BCUT2D eigenvalue weighted by Gasteiger charge is 2.23. The molecule has 16 heavy (non-hydrogen) atoms. The molecule has 0 bridgehead atoms. The summed E-state index contributed by atoms with van der Waals surface area (Å²) in [7, 11) is 0. The number of hydrogen-bond acceptors (Lipinski definition) is 4. The molecule has 0 radical (unpaired) electrons. The van der Waals surface area contributed by atoms with E-state index in [0.717, 1.165) is 43.9 Å². The van der Waals surface area contributed by atoms with Crippen molar-refractivity contribution in [2.24, 2.45) is 5.92 Å². The monoisotopic (exact) mass is 224 g/mol. The van der Waals surface area contributed by atoms with E-state index in [1.807, 2.05) is 19.9 Å². The Hall–Kier alpha value is -0.870. The highest BCUT2D eigenvalue weighted by molar-refractivity contribution is 5.03. The zero-order valence-electron chi connectivity index (χ0n) is 10.0. The average Bonchev–Trinajstić information content (AvgIpc) is 2.64. The Morgan fingerprint density at radius 2 is 2.50 bits per heavy atom. The number of nitrogens with zero attached hydrogens (tertiary/aromatic N) is 2. The first-order chi connectivity index (χ1) is 7.65. The summed E-state index contributed by atoms with van der Waals surface area (Å²) in [6.45, 7) is 6.68. The van der Waals surface area contributed by atoms with Crippen LogP contribution in [0, 0.1) is 12.8 Å². The predicted molar refractivity (Wildman–Crippen MR) is 60.9 cm³/mol. The van der Waals surface area contributed by atoms with Crippen LogP contribution in [0.4, 0.5) is 0 Å². The van der Waals surface area contributed by atoms with E-state index < -0.39 is 0 Å². The van der Waals surface area contributed by atoms with E-state index in [4.69, 9.17) is 4.52 Å². The molecule has 1 aromatic rings. The van der Waals surface area contributed by atoms with Gasteiger partial charge >= 0.3 is 0 Å². The first-order valence-electron chi connectivity index (χ1n) is 5.98. The SMILES string of the molecule is Cc1cc(CN2CCCC(C(C)O)C2)no1. The normalized spacial score (nSPS) is 24.6. The largest absolute Gasteiger partial charge is 0.393 e. The quantitative estimate of drug-likeness (QED) is 0.846. The van der Waals surface area contributed by atoms with Crippen LogP contribution in [0.5, 0.6) is 0 Å². The van der Waals surface area contributed by atoms with E-state index in [1.54, 1.807) is 0 Å². The third-order valence-electron chi connectivity index (χ3n) is 3.29. The second kappa shape index (κ2) is 4.97. The van der Waals surface area contributed by atoms with E-state index in [2.05, 4.69) is 10.1 Å². The molecular formula is C12H20N2O2. The van der Waals surface area contributed by atoms with Gasteiger partial charge in [0.05, 0.1) is 11.8 Å². The Labute approximate surface area is 96.2 Å². The summed E-state index contributed by atoms with van der Waals surface area (Å²) in [5.74, 6) is 1.26. The molecule has 2 heterocycles. The summed E-state index contributed by atoms with van der Waals surface area (Å²) in [4.78, 5) is 2.35. The molecule has 0 aromatic carbocycles. The summed E-state index contributed by atoms with van der Waals surface area (Å²) in [6.07, 6.45) is 2.08. The molecule has 4 heteroatoms. The highest BCUT2D eigenvalue weighted by atomic mass is 16.5. The van der Waals surface area contributed by atoms with Gasteiger partial charge in [-0.3, -0.25) is 4.90 Å². The molecule has 1 aromatic heterocycles. The van der Waals surface area contributed by atoms with Crippen molar-refractivity contribution < 1.29 is 9.63 Å². The second-order valence-electron chi connectivity index (χ2n) is 4.81. The van der Waals surface area contributed by atoms with Crippen molar-refractivity contribution >= 4 is 0 Å². The van der Waals surface area contributed by atoms with Crippen molar-refractivity contribution in [1.82, 2.24) is 10.1 Å². The van der Waals surface area contributed by atoms with Gasteiger partial charge in [-0.15, -0.1) is 0 Å². The smallest absolute Gasteiger partial charge is 0.133 e. The maximum atomic E-state index is 9.60. The van der Waals surface area contributed by atoms with Crippen LogP contribution < -0.4 is 0 Å². The van der Waals surface area contributed by atoms with E-state index >= 15 is 0 Å². The van der Waals surface area contributed by atoms with Crippen LogP contribution in [0.15, 0.2) is 10.6 Å².